The first-order valence-corrected chi connectivity index (χ1v) is 5.94. The lowest BCUT2D eigenvalue weighted by Crippen LogP contribution is -2.25. The normalized spacial score (nSPS) is 26.1. The van der Waals surface area contributed by atoms with Crippen LogP contribution in [0.4, 0.5) is 0 Å². The van der Waals surface area contributed by atoms with Gasteiger partial charge in [0.05, 0.1) is 0 Å². The van der Waals surface area contributed by atoms with Crippen molar-refractivity contribution in [2.45, 2.75) is 32.2 Å². The second-order valence-electron chi connectivity index (χ2n) is 4.50. The van der Waals surface area contributed by atoms with Crippen LogP contribution in [0.15, 0.2) is 30.0 Å². The topological polar surface area (TPSA) is 27.6 Å². The number of likely N-dealkylation sites (N-methyl/N-ethyl adjacent to an activating group) is 1. The van der Waals surface area contributed by atoms with Crippen LogP contribution in [0.1, 0.15) is 26.2 Å². The molecule has 3 nitrogen and oxygen atoms in total. The number of aliphatic imine (C=N–C) groups is 1. The Bertz CT molecular complexity index is 281. The van der Waals surface area contributed by atoms with E-state index < -0.39 is 0 Å². The Morgan fingerprint density at radius 2 is 2.25 bits per heavy atom. The molecule has 0 aromatic heterocycles. The first-order valence-electron chi connectivity index (χ1n) is 5.94. The van der Waals surface area contributed by atoms with Crippen LogP contribution < -0.4 is 5.32 Å². The third-order valence-corrected chi connectivity index (χ3v) is 3.20. The third kappa shape index (κ3) is 3.72. The Labute approximate surface area is 98.9 Å². The van der Waals surface area contributed by atoms with Crippen LogP contribution >= 0.6 is 0 Å². The summed E-state index contributed by atoms with van der Waals surface area (Å²) in [7, 11) is 4.00. The predicted octanol–water partition coefficient (Wildman–Crippen LogP) is 2.38. The summed E-state index contributed by atoms with van der Waals surface area (Å²) >= 11 is 0. The van der Waals surface area contributed by atoms with Crippen molar-refractivity contribution in [3.05, 3.63) is 25.1 Å². The highest BCUT2D eigenvalue weighted by atomic mass is 15.1. The van der Waals surface area contributed by atoms with E-state index in [9.17, 15) is 0 Å². The van der Waals surface area contributed by atoms with Crippen LogP contribution in [0.5, 0.6) is 0 Å². The molecule has 1 saturated carbocycles. The second kappa shape index (κ2) is 6.36. The van der Waals surface area contributed by atoms with Gasteiger partial charge in [-0.1, -0.05) is 13.5 Å². The molecule has 1 aliphatic rings. The molecule has 90 valence electrons. The monoisotopic (exact) mass is 221 g/mol. The number of nitrogens with one attached hydrogen (secondary N) is 1. The zero-order chi connectivity index (χ0) is 12.0. The van der Waals surface area contributed by atoms with Crippen molar-refractivity contribution in [3.8, 4) is 0 Å². The Morgan fingerprint density at radius 1 is 1.50 bits per heavy atom. The van der Waals surface area contributed by atoms with E-state index in [4.69, 9.17) is 0 Å². The van der Waals surface area contributed by atoms with Gasteiger partial charge in [0, 0.05) is 32.5 Å². The van der Waals surface area contributed by atoms with E-state index in [1.807, 2.05) is 13.1 Å². The highest BCUT2D eigenvalue weighted by Crippen LogP contribution is 2.28. The summed E-state index contributed by atoms with van der Waals surface area (Å²) in [6.07, 6.45) is 9.59. The molecule has 0 spiro atoms. The molecule has 0 saturated heterocycles. The maximum Gasteiger partial charge on any atom is 0.127 e. The summed E-state index contributed by atoms with van der Waals surface area (Å²) in [5, 5.41) is 3.02. The lowest BCUT2D eigenvalue weighted by atomic mass is 10.1. The average molecular weight is 221 g/mol. The van der Waals surface area contributed by atoms with E-state index in [1.165, 1.54) is 19.3 Å². The van der Waals surface area contributed by atoms with Crippen LogP contribution in [-0.2, 0) is 0 Å². The molecule has 0 bridgehead atoms. The number of rotatable bonds is 4. The largest absolute Gasteiger partial charge is 0.377 e. The van der Waals surface area contributed by atoms with Gasteiger partial charge in [-0.25, -0.2) is 4.99 Å². The molecule has 0 unspecified atom stereocenters. The Balaban J connectivity index is 2.49. The van der Waals surface area contributed by atoms with Gasteiger partial charge in [0.2, 0.25) is 0 Å². The Kier molecular flexibility index (Phi) is 5.09. The van der Waals surface area contributed by atoms with Gasteiger partial charge in [-0.2, -0.15) is 0 Å². The summed E-state index contributed by atoms with van der Waals surface area (Å²) in [6, 6.07) is 0.688. The molecule has 16 heavy (non-hydrogen) atoms. The highest BCUT2D eigenvalue weighted by Gasteiger charge is 2.22. The summed E-state index contributed by atoms with van der Waals surface area (Å²) in [5.41, 5.74) is 0. The zero-order valence-corrected chi connectivity index (χ0v) is 10.6. The van der Waals surface area contributed by atoms with Crippen LogP contribution in [-0.4, -0.2) is 30.9 Å². The van der Waals surface area contributed by atoms with E-state index in [2.05, 4.69) is 42.0 Å². The predicted molar refractivity (Wildman–Crippen MR) is 70.4 cm³/mol. The minimum atomic E-state index is 0.688. The molecule has 1 aliphatic carbocycles. The number of hydrogen-bond acceptors (Lipinski definition) is 2. The van der Waals surface area contributed by atoms with Crippen molar-refractivity contribution in [1.82, 2.24) is 10.2 Å². The average Bonchev–Trinajstić information content (AvgIpc) is 2.70. The van der Waals surface area contributed by atoms with Gasteiger partial charge in [-0.15, -0.1) is 0 Å². The number of nitrogens with zero attached hydrogens (tertiary/aromatic N) is 2. The highest BCUT2D eigenvalue weighted by molar-refractivity contribution is 5.92. The molecule has 0 heterocycles. The molecule has 0 aromatic carbocycles. The van der Waals surface area contributed by atoms with Crippen LogP contribution in [0.2, 0.25) is 0 Å². The molecule has 0 aromatic rings. The minimum absolute atomic E-state index is 0.688. The molecular formula is C13H23N3. The second-order valence-corrected chi connectivity index (χ2v) is 4.50. The fourth-order valence-electron chi connectivity index (χ4n) is 2.15. The minimum Gasteiger partial charge on any atom is -0.377 e. The lowest BCUT2D eigenvalue weighted by molar-refractivity contribution is 0.328. The lowest BCUT2D eigenvalue weighted by Gasteiger charge is -2.22. The van der Waals surface area contributed by atoms with E-state index in [0.29, 0.717) is 6.04 Å². The molecule has 3 heteroatoms. The molecule has 1 fully saturated rings. The summed E-state index contributed by atoms with van der Waals surface area (Å²) in [6.45, 7) is 5.92. The van der Waals surface area contributed by atoms with E-state index in [0.717, 1.165) is 11.8 Å². The molecular weight excluding hydrogens is 198 g/mol. The van der Waals surface area contributed by atoms with E-state index in [-0.39, 0.29) is 0 Å². The van der Waals surface area contributed by atoms with Gasteiger partial charge >= 0.3 is 0 Å². The summed E-state index contributed by atoms with van der Waals surface area (Å²) in [4.78, 5) is 6.40. The third-order valence-electron chi connectivity index (χ3n) is 3.20. The van der Waals surface area contributed by atoms with Crippen LogP contribution in [0.3, 0.4) is 0 Å². The van der Waals surface area contributed by atoms with Crippen molar-refractivity contribution in [1.29, 1.82) is 0 Å². The summed E-state index contributed by atoms with van der Waals surface area (Å²) < 4.78 is 0. The van der Waals surface area contributed by atoms with Gasteiger partial charge in [0.15, 0.2) is 0 Å². The molecule has 0 amide bonds. The van der Waals surface area contributed by atoms with Crippen molar-refractivity contribution >= 4 is 5.84 Å². The molecule has 0 aliphatic heterocycles. The summed E-state index contributed by atoms with van der Waals surface area (Å²) in [5.74, 6) is 1.71. The van der Waals surface area contributed by atoms with Gasteiger partial charge in [-0.05, 0) is 31.3 Å². The van der Waals surface area contributed by atoms with Gasteiger partial charge in [0.1, 0.15) is 5.84 Å². The zero-order valence-electron chi connectivity index (χ0n) is 10.6. The standard InChI is InChI=1S/C13H23N3/c1-5-15-13(14-3)8-9-16(4)12-7-6-11(2)10-12/h5,8-9,11-12H,1,6-7,10H2,2-4H3,(H,14,15)/b9-8-/t11-,12+/m1/s1. The molecule has 1 N–H and O–H groups in total. The van der Waals surface area contributed by atoms with Crippen molar-refractivity contribution < 1.29 is 0 Å². The Morgan fingerprint density at radius 3 is 2.75 bits per heavy atom. The van der Waals surface area contributed by atoms with Crippen molar-refractivity contribution in [3.63, 3.8) is 0 Å². The van der Waals surface area contributed by atoms with Crippen LogP contribution in [0.25, 0.3) is 0 Å². The SMILES string of the molecule is C=C/N=C(\C=C/N(C)[C@H]1CC[C@@H](C)C1)NC. The van der Waals surface area contributed by atoms with Crippen molar-refractivity contribution in [2.24, 2.45) is 10.9 Å². The van der Waals surface area contributed by atoms with Crippen LogP contribution in [0, 0.1) is 5.92 Å². The molecule has 2 atom stereocenters. The maximum absolute atomic E-state index is 4.11. The van der Waals surface area contributed by atoms with Crippen molar-refractivity contribution in [2.75, 3.05) is 14.1 Å². The van der Waals surface area contributed by atoms with E-state index in [1.54, 1.807) is 6.20 Å². The number of amidine groups is 1. The fourth-order valence-corrected chi connectivity index (χ4v) is 2.15. The van der Waals surface area contributed by atoms with Gasteiger partial charge in [-0.3, -0.25) is 0 Å². The Hall–Kier alpha value is -1.25. The first kappa shape index (κ1) is 12.8. The first-order chi connectivity index (χ1) is 7.67. The smallest absolute Gasteiger partial charge is 0.127 e. The fraction of sp³-hybridized carbons (Fsp3) is 0.615. The van der Waals surface area contributed by atoms with Gasteiger partial charge in [0.25, 0.3) is 0 Å². The number of hydrogen-bond donors (Lipinski definition) is 1. The molecule has 1 rings (SSSR count). The van der Waals surface area contributed by atoms with E-state index >= 15 is 0 Å². The molecule has 0 radical (unpaired) electrons. The maximum atomic E-state index is 4.11. The quantitative estimate of drug-likeness (QED) is 0.583. The van der Waals surface area contributed by atoms with Gasteiger partial charge < -0.3 is 10.2 Å².